The molecule has 2 atom stereocenters. The summed E-state index contributed by atoms with van der Waals surface area (Å²) >= 11 is 0. The van der Waals surface area contributed by atoms with Crippen LogP contribution in [0.25, 0.3) is 0 Å². The lowest BCUT2D eigenvalue weighted by Gasteiger charge is -2.18. The van der Waals surface area contributed by atoms with E-state index < -0.39 is 0 Å². The van der Waals surface area contributed by atoms with Crippen LogP contribution in [0.3, 0.4) is 0 Å². The van der Waals surface area contributed by atoms with Crippen molar-refractivity contribution in [1.82, 2.24) is 10.6 Å². The topological polar surface area (TPSA) is 54.9 Å². The van der Waals surface area contributed by atoms with Crippen molar-refractivity contribution in [2.45, 2.75) is 45.3 Å². The molecule has 0 saturated heterocycles. The van der Waals surface area contributed by atoms with Gasteiger partial charge in [0.25, 0.3) is 0 Å². The van der Waals surface area contributed by atoms with Crippen molar-refractivity contribution in [2.24, 2.45) is 10.9 Å². The van der Waals surface area contributed by atoms with E-state index in [9.17, 15) is 0 Å². The monoisotopic (exact) mass is 445 g/mol. The molecule has 1 fully saturated rings. The normalized spacial score (nSPS) is 23.6. The minimum Gasteiger partial charge on any atom is -0.488 e. The van der Waals surface area contributed by atoms with E-state index in [0.717, 1.165) is 29.8 Å². The Balaban J connectivity index is 0.00000208. The number of nitrogens with one attached hydrogen (secondary N) is 2. The highest BCUT2D eigenvalue weighted by molar-refractivity contribution is 14.0. The first kappa shape index (κ1) is 19.1. The number of benzene rings is 1. The average molecular weight is 445 g/mol. The summed E-state index contributed by atoms with van der Waals surface area (Å²) in [6, 6.07) is 6.67. The van der Waals surface area contributed by atoms with Gasteiger partial charge in [0.15, 0.2) is 17.5 Å². The number of nitrogens with zero attached hydrogens (tertiary/aromatic N) is 1. The largest absolute Gasteiger partial charge is 0.488 e. The van der Waals surface area contributed by atoms with Gasteiger partial charge in [0.2, 0.25) is 0 Å². The van der Waals surface area contributed by atoms with E-state index in [1.54, 1.807) is 7.05 Å². The van der Waals surface area contributed by atoms with E-state index in [1.807, 2.05) is 12.1 Å². The van der Waals surface area contributed by atoms with Crippen molar-refractivity contribution < 1.29 is 9.47 Å². The predicted octanol–water partition coefficient (Wildman–Crippen LogP) is 2.97. The van der Waals surface area contributed by atoms with Crippen molar-refractivity contribution in [3.8, 4) is 11.5 Å². The second-order valence-electron chi connectivity index (χ2n) is 7.09. The van der Waals surface area contributed by atoms with Gasteiger partial charge in [-0.15, -0.1) is 24.0 Å². The number of halogens is 1. The van der Waals surface area contributed by atoms with Crippen LogP contribution in [0.5, 0.6) is 11.5 Å². The zero-order valence-corrected chi connectivity index (χ0v) is 17.2. The second-order valence-corrected chi connectivity index (χ2v) is 7.09. The lowest BCUT2D eigenvalue weighted by Crippen LogP contribution is -2.40. The smallest absolute Gasteiger partial charge is 0.191 e. The second kappa shape index (κ2) is 7.80. The third-order valence-electron chi connectivity index (χ3n) is 4.36. The molecule has 1 saturated carbocycles. The molecule has 5 nitrogen and oxygen atoms in total. The van der Waals surface area contributed by atoms with E-state index in [0.29, 0.717) is 19.2 Å². The Kier molecular flexibility index (Phi) is 6.22. The number of hydrogen-bond donors (Lipinski definition) is 2. The Morgan fingerprint density at radius 2 is 2.17 bits per heavy atom. The van der Waals surface area contributed by atoms with Crippen LogP contribution in [0.2, 0.25) is 0 Å². The average Bonchev–Trinajstić information content (AvgIpc) is 3.08. The van der Waals surface area contributed by atoms with Crippen molar-refractivity contribution >= 4 is 29.9 Å². The summed E-state index contributed by atoms with van der Waals surface area (Å²) in [6.45, 7) is 7.72. The van der Waals surface area contributed by atoms with Gasteiger partial charge in [-0.05, 0) is 32.3 Å². The third kappa shape index (κ3) is 4.68. The summed E-state index contributed by atoms with van der Waals surface area (Å²) in [6.07, 6.45) is 2.15. The Hall–Kier alpha value is -1.18. The van der Waals surface area contributed by atoms with E-state index in [-0.39, 0.29) is 29.6 Å². The third-order valence-corrected chi connectivity index (χ3v) is 4.36. The Morgan fingerprint density at radius 3 is 2.83 bits per heavy atom. The quantitative estimate of drug-likeness (QED) is 0.317. The van der Waals surface area contributed by atoms with E-state index in [2.05, 4.69) is 42.5 Å². The minimum absolute atomic E-state index is 0. The summed E-state index contributed by atoms with van der Waals surface area (Å²) in [5.41, 5.74) is 1.08. The summed E-state index contributed by atoms with van der Waals surface area (Å²) in [7, 11) is 1.79. The highest BCUT2D eigenvalue weighted by Gasteiger charge is 2.33. The summed E-state index contributed by atoms with van der Waals surface area (Å²) < 4.78 is 11.9. The summed E-state index contributed by atoms with van der Waals surface area (Å²) in [5.74, 6) is 3.32. The molecule has 1 aromatic rings. The Morgan fingerprint density at radius 1 is 1.42 bits per heavy atom. The van der Waals surface area contributed by atoms with Crippen molar-refractivity contribution in [3.63, 3.8) is 0 Å². The zero-order valence-electron chi connectivity index (χ0n) is 14.9. The van der Waals surface area contributed by atoms with Crippen LogP contribution in [0, 0.1) is 5.92 Å². The first-order valence-electron chi connectivity index (χ1n) is 8.39. The SMILES string of the molecule is CN=C(NCCOc1cccc2c1OC(C)(C)C2)NC1CC1C.I. The lowest BCUT2D eigenvalue weighted by molar-refractivity contribution is 0.132. The zero-order chi connectivity index (χ0) is 16.4. The number of rotatable bonds is 5. The summed E-state index contributed by atoms with van der Waals surface area (Å²) in [5, 5.41) is 6.69. The molecule has 0 aromatic heterocycles. The molecule has 3 rings (SSSR count). The molecule has 1 aliphatic heterocycles. The maximum Gasteiger partial charge on any atom is 0.191 e. The molecule has 0 spiro atoms. The number of hydrogen-bond acceptors (Lipinski definition) is 3. The van der Waals surface area contributed by atoms with Crippen molar-refractivity contribution in [2.75, 3.05) is 20.2 Å². The number of aliphatic imine (C=N–C) groups is 1. The molecular formula is C18H28IN3O2. The minimum atomic E-state index is -0.146. The van der Waals surface area contributed by atoms with Crippen molar-refractivity contribution in [3.05, 3.63) is 23.8 Å². The molecule has 6 heteroatoms. The lowest BCUT2D eigenvalue weighted by atomic mass is 10.0. The predicted molar refractivity (Wildman–Crippen MR) is 108 cm³/mol. The highest BCUT2D eigenvalue weighted by atomic mass is 127. The van der Waals surface area contributed by atoms with Gasteiger partial charge in [0.1, 0.15) is 12.2 Å². The molecule has 24 heavy (non-hydrogen) atoms. The molecule has 2 aliphatic rings. The molecular weight excluding hydrogens is 417 g/mol. The van der Waals surface area contributed by atoms with Gasteiger partial charge >= 0.3 is 0 Å². The number of ether oxygens (including phenoxy) is 2. The van der Waals surface area contributed by atoms with Gasteiger partial charge in [0, 0.05) is 25.1 Å². The van der Waals surface area contributed by atoms with E-state index in [4.69, 9.17) is 9.47 Å². The van der Waals surface area contributed by atoms with Crippen LogP contribution >= 0.6 is 24.0 Å². The van der Waals surface area contributed by atoms with Crippen LogP contribution in [0.4, 0.5) is 0 Å². The first-order valence-corrected chi connectivity index (χ1v) is 8.39. The molecule has 2 N–H and O–H groups in total. The van der Waals surface area contributed by atoms with Crippen LogP contribution in [0.1, 0.15) is 32.8 Å². The fourth-order valence-corrected chi connectivity index (χ4v) is 2.92. The fourth-order valence-electron chi connectivity index (χ4n) is 2.92. The van der Waals surface area contributed by atoms with Gasteiger partial charge in [-0.25, -0.2) is 0 Å². The van der Waals surface area contributed by atoms with Crippen LogP contribution in [-0.4, -0.2) is 37.8 Å². The molecule has 0 amide bonds. The molecule has 1 aromatic carbocycles. The molecule has 2 unspecified atom stereocenters. The molecule has 134 valence electrons. The van der Waals surface area contributed by atoms with E-state index in [1.165, 1.54) is 12.0 Å². The highest BCUT2D eigenvalue weighted by Crippen LogP contribution is 2.41. The maximum absolute atomic E-state index is 6.02. The molecule has 1 heterocycles. The standard InChI is InChI=1S/C18H27N3O2.HI/c1-12-10-14(12)21-17(19-4)20-8-9-22-15-7-5-6-13-11-18(2,3)23-16(13)15;/h5-7,12,14H,8-11H2,1-4H3,(H2,19,20,21);1H. The van der Waals surface area contributed by atoms with Crippen LogP contribution < -0.4 is 20.1 Å². The van der Waals surface area contributed by atoms with Gasteiger partial charge in [0.05, 0.1) is 6.54 Å². The molecule has 0 bridgehead atoms. The van der Waals surface area contributed by atoms with Crippen LogP contribution in [0.15, 0.2) is 23.2 Å². The number of guanidine groups is 1. The van der Waals surface area contributed by atoms with Crippen LogP contribution in [-0.2, 0) is 6.42 Å². The fraction of sp³-hybridized carbons (Fsp3) is 0.611. The van der Waals surface area contributed by atoms with Gasteiger partial charge in [-0.1, -0.05) is 19.1 Å². The van der Waals surface area contributed by atoms with Gasteiger partial charge in [-0.3, -0.25) is 4.99 Å². The van der Waals surface area contributed by atoms with Crippen molar-refractivity contribution in [1.29, 1.82) is 0 Å². The van der Waals surface area contributed by atoms with Gasteiger partial charge in [-0.2, -0.15) is 0 Å². The molecule has 1 aliphatic carbocycles. The Bertz CT molecular complexity index is 604. The van der Waals surface area contributed by atoms with Gasteiger partial charge < -0.3 is 20.1 Å². The number of para-hydroxylation sites is 1. The summed E-state index contributed by atoms with van der Waals surface area (Å²) in [4.78, 5) is 4.24. The van der Waals surface area contributed by atoms with E-state index >= 15 is 0 Å². The molecule has 0 radical (unpaired) electrons. The maximum atomic E-state index is 6.02. The number of fused-ring (bicyclic) bond motifs is 1. The Labute approximate surface area is 161 Å². The first-order chi connectivity index (χ1) is 11.0.